The van der Waals surface area contributed by atoms with Crippen molar-refractivity contribution in [3.63, 3.8) is 0 Å². The summed E-state index contributed by atoms with van der Waals surface area (Å²) in [5, 5.41) is 8.87. The summed E-state index contributed by atoms with van der Waals surface area (Å²) in [7, 11) is 0. The highest BCUT2D eigenvalue weighted by Gasteiger charge is 2.01. The fraction of sp³-hybridized carbons (Fsp3) is 0.250. The Bertz CT molecular complexity index is 184. The average molecular weight is 137 g/mol. The minimum atomic E-state index is -0.521. The van der Waals surface area contributed by atoms with Crippen LogP contribution < -0.4 is 4.57 Å². The summed E-state index contributed by atoms with van der Waals surface area (Å²) in [6.45, 7) is 4.02. The van der Waals surface area contributed by atoms with Gasteiger partial charge in [-0.3, -0.25) is 0 Å². The first-order valence-corrected chi connectivity index (χ1v) is 3.24. The van der Waals surface area contributed by atoms with E-state index >= 15 is 0 Å². The lowest BCUT2D eigenvalue weighted by atomic mass is 10.4. The fourth-order valence-corrected chi connectivity index (χ4v) is 0.799. The van der Waals surface area contributed by atoms with Crippen molar-refractivity contribution in [3.05, 3.63) is 37.5 Å². The highest BCUT2D eigenvalue weighted by Crippen LogP contribution is 1.80. The third-order valence-corrected chi connectivity index (χ3v) is 1.20. The van der Waals surface area contributed by atoms with Crippen molar-refractivity contribution in [2.24, 2.45) is 0 Å². The largest absolute Gasteiger partial charge is 0.387 e. The van der Waals surface area contributed by atoms with E-state index in [-0.39, 0.29) is 0 Å². The number of rotatable bonds is 2. The molecule has 1 N–H and O–H groups in total. The van der Waals surface area contributed by atoms with Crippen LogP contribution in [0.3, 0.4) is 0 Å². The van der Waals surface area contributed by atoms with Crippen LogP contribution in [0.4, 0.5) is 0 Å². The summed E-state index contributed by atoms with van der Waals surface area (Å²) in [5.41, 5.74) is 0. The van der Waals surface area contributed by atoms with Gasteiger partial charge in [0.25, 0.3) is 0 Å². The van der Waals surface area contributed by atoms with Crippen molar-refractivity contribution in [2.45, 2.75) is 12.6 Å². The molecule has 0 fully saturated rings. The van der Waals surface area contributed by atoms with Gasteiger partial charge in [0.05, 0.1) is 0 Å². The number of aromatic nitrogens is 1. The minimum absolute atomic E-state index is 0.521. The highest BCUT2D eigenvalue weighted by molar-refractivity contribution is 4.83. The van der Waals surface area contributed by atoms with E-state index in [4.69, 9.17) is 5.11 Å². The Kier molecular flexibility index (Phi) is 2.40. The van der Waals surface area contributed by atoms with Crippen LogP contribution in [0.25, 0.3) is 0 Å². The second-order valence-electron chi connectivity index (χ2n) is 2.23. The molecule has 1 heterocycles. The fourth-order valence-electron chi connectivity index (χ4n) is 0.799. The van der Waals surface area contributed by atoms with Crippen molar-refractivity contribution >= 4 is 0 Å². The summed E-state index contributed by atoms with van der Waals surface area (Å²) in [5.74, 6) is 0. The predicted octanol–water partition coefficient (Wildman–Crippen LogP) is 0.169. The monoisotopic (exact) mass is 137 g/mol. The molecule has 0 saturated carbocycles. The van der Waals surface area contributed by atoms with Gasteiger partial charge in [-0.25, -0.2) is 4.57 Å². The molecule has 0 bridgehead atoms. The van der Waals surface area contributed by atoms with Crippen LogP contribution >= 0.6 is 0 Å². The Morgan fingerprint density at radius 1 is 1.30 bits per heavy atom. The van der Waals surface area contributed by atoms with Crippen molar-refractivity contribution in [3.8, 4) is 0 Å². The van der Waals surface area contributed by atoms with E-state index in [9.17, 15) is 0 Å². The number of aliphatic hydroxyl groups is 1. The van der Waals surface area contributed by atoms with Crippen LogP contribution in [-0.2, 0) is 6.54 Å². The topological polar surface area (TPSA) is 24.1 Å². The van der Waals surface area contributed by atoms with Gasteiger partial charge in [-0.2, -0.15) is 0 Å². The Labute approximate surface area is 60.8 Å². The first-order valence-electron chi connectivity index (χ1n) is 3.24. The normalized spacial score (nSPS) is 13.0. The molecular weight excluding hydrogens is 126 g/mol. The van der Waals surface area contributed by atoms with Gasteiger partial charge >= 0.3 is 0 Å². The van der Waals surface area contributed by atoms with E-state index in [1.54, 1.807) is 0 Å². The zero-order valence-corrected chi connectivity index (χ0v) is 5.77. The molecule has 1 aromatic heterocycles. The quantitative estimate of drug-likeness (QED) is 0.577. The first-order chi connectivity index (χ1) is 4.79. The summed E-state index contributed by atoms with van der Waals surface area (Å²) < 4.78 is 1.89. The lowest BCUT2D eigenvalue weighted by molar-refractivity contribution is -0.702. The third kappa shape index (κ3) is 2.15. The molecule has 0 spiro atoms. The number of aliphatic hydroxyl groups excluding tert-OH is 1. The molecule has 0 aromatic carbocycles. The van der Waals surface area contributed by atoms with Crippen LogP contribution in [0.15, 0.2) is 30.6 Å². The minimum Gasteiger partial charge on any atom is -0.387 e. The number of nitrogens with zero attached hydrogens (tertiary/aromatic N) is 1. The summed E-state index contributed by atoms with van der Waals surface area (Å²) in [4.78, 5) is 0. The van der Waals surface area contributed by atoms with E-state index in [2.05, 4.69) is 6.92 Å². The molecular formula is C8H11NO+. The second-order valence-corrected chi connectivity index (χ2v) is 2.23. The SMILES string of the molecule is [CH2]C(O)C[n+]1ccccc1. The molecule has 53 valence electrons. The first kappa shape index (κ1) is 7.22. The van der Waals surface area contributed by atoms with Crippen LogP contribution in [-0.4, -0.2) is 11.2 Å². The zero-order chi connectivity index (χ0) is 7.40. The van der Waals surface area contributed by atoms with E-state index < -0.39 is 6.10 Å². The number of hydrogen-bond acceptors (Lipinski definition) is 1. The van der Waals surface area contributed by atoms with E-state index in [1.165, 1.54) is 0 Å². The molecule has 0 aliphatic carbocycles. The maximum atomic E-state index is 8.87. The molecule has 10 heavy (non-hydrogen) atoms. The molecule has 0 saturated heterocycles. The van der Waals surface area contributed by atoms with Gasteiger partial charge < -0.3 is 5.11 Å². The molecule has 1 radical (unpaired) electrons. The lowest BCUT2D eigenvalue weighted by Crippen LogP contribution is -2.37. The van der Waals surface area contributed by atoms with Crippen LogP contribution in [0.2, 0.25) is 0 Å². The average Bonchev–Trinajstić information content (AvgIpc) is 1.88. The van der Waals surface area contributed by atoms with Crippen LogP contribution in [0, 0.1) is 6.92 Å². The van der Waals surface area contributed by atoms with Crippen molar-refractivity contribution in [1.29, 1.82) is 0 Å². The van der Waals surface area contributed by atoms with Gasteiger partial charge in [-0.05, 0) is 6.92 Å². The Morgan fingerprint density at radius 2 is 1.90 bits per heavy atom. The number of hydrogen-bond donors (Lipinski definition) is 1. The third-order valence-electron chi connectivity index (χ3n) is 1.20. The van der Waals surface area contributed by atoms with Gasteiger partial charge in [0, 0.05) is 12.1 Å². The smallest absolute Gasteiger partial charge is 0.174 e. The van der Waals surface area contributed by atoms with E-state index in [0.717, 1.165) is 0 Å². The van der Waals surface area contributed by atoms with E-state index in [0.29, 0.717) is 6.54 Å². The zero-order valence-electron chi connectivity index (χ0n) is 5.77. The molecule has 1 rings (SSSR count). The second kappa shape index (κ2) is 3.32. The summed E-state index contributed by atoms with van der Waals surface area (Å²) in [6.07, 6.45) is 3.27. The molecule has 2 nitrogen and oxygen atoms in total. The molecule has 1 aromatic rings. The molecule has 1 unspecified atom stereocenters. The highest BCUT2D eigenvalue weighted by atomic mass is 16.3. The van der Waals surface area contributed by atoms with Crippen LogP contribution in [0.5, 0.6) is 0 Å². The molecule has 0 aliphatic rings. The molecule has 0 amide bonds. The molecule has 2 heteroatoms. The Hall–Kier alpha value is -0.890. The number of pyridine rings is 1. The standard InChI is InChI=1S/C8H11NO/c1-8(10)7-9-5-3-2-4-6-9/h2-6,8,10H,1,7H2/q+1. The Morgan fingerprint density at radius 3 is 2.40 bits per heavy atom. The van der Waals surface area contributed by atoms with Gasteiger partial charge in [-0.1, -0.05) is 6.07 Å². The maximum Gasteiger partial charge on any atom is 0.174 e. The van der Waals surface area contributed by atoms with Crippen molar-refractivity contribution in [2.75, 3.05) is 0 Å². The van der Waals surface area contributed by atoms with Gasteiger partial charge in [0.2, 0.25) is 0 Å². The van der Waals surface area contributed by atoms with Crippen molar-refractivity contribution in [1.82, 2.24) is 0 Å². The van der Waals surface area contributed by atoms with Gasteiger partial charge in [-0.15, -0.1) is 0 Å². The lowest BCUT2D eigenvalue weighted by Gasteiger charge is -1.97. The molecule has 1 atom stereocenters. The predicted molar refractivity (Wildman–Crippen MR) is 38.0 cm³/mol. The van der Waals surface area contributed by atoms with Gasteiger partial charge in [0.1, 0.15) is 6.10 Å². The summed E-state index contributed by atoms with van der Waals surface area (Å²) >= 11 is 0. The van der Waals surface area contributed by atoms with E-state index in [1.807, 2.05) is 35.2 Å². The van der Waals surface area contributed by atoms with Crippen LogP contribution in [0.1, 0.15) is 0 Å². The van der Waals surface area contributed by atoms with Gasteiger partial charge in [0.15, 0.2) is 18.9 Å². The Balaban J connectivity index is 2.59. The summed E-state index contributed by atoms with van der Waals surface area (Å²) in [6, 6.07) is 5.77. The molecule has 0 aliphatic heterocycles. The van der Waals surface area contributed by atoms with Crippen molar-refractivity contribution < 1.29 is 9.67 Å². The maximum absolute atomic E-state index is 8.87.